The fourth-order valence-electron chi connectivity index (χ4n) is 2.06. The van der Waals surface area contributed by atoms with Crippen LogP contribution in [0.4, 0.5) is 0 Å². The number of hydrogen-bond acceptors (Lipinski definition) is 4. The van der Waals surface area contributed by atoms with Crippen molar-refractivity contribution in [1.82, 2.24) is 4.31 Å². The summed E-state index contributed by atoms with van der Waals surface area (Å²) in [6, 6.07) is 1.56. The van der Waals surface area contributed by atoms with Crippen molar-refractivity contribution in [1.29, 1.82) is 0 Å². The molecule has 0 N–H and O–H groups in total. The van der Waals surface area contributed by atoms with Crippen LogP contribution in [-0.4, -0.2) is 38.5 Å². The lowest BCUT2D eigenvalue weighted by molar-refractivity contribution is 0.0314. The summed E-state index contributed by atoms with van der Waals surface area (Å²) in [4.78, 5) is 1.06. The molecule has 1 unspecified atom stereocenters. The Morgan fingerprint density at radius 2 is 2.39 bits per heavy atom. The van der Waals surface area contributed by atoms with Crippen LogP contribution in [0.25, 0.3) is 0 Å². The summed E-state index contributed by atoms with van der Waals surface area (Å²) in [6.45, 7) is 3.31. The zero-order chi connectivity index (χ0) is 13.2. The normalized spacial score (nSPS) is 22.2. The SMILES string of the molecule is CCC1COCCN1S(=O)(=O)c1ccsc1CCl. The fraction of sp³-hybridized carbons (Fsp3) is 0.636. The van der Waals surface area contributed by atoms with Gasteiger partial charge in [-0.3, -0.25) is 0 Å². The first-order valence-electron chi connectivity index (χ1n) is 5.83. The van der Waals surface area contributed by atoms with E-state index in [4.69, 9.17) is 16.3 Å². The van der Waals surface area contributed by atoms with Crippen molar-refractivity contribution >= 4 is 33.0 Å². The van der Waals surface area contributed by atoms with E-state index in [1.165, 1.54) is 11.3 Å². The third kappa shape index (κ3) is 2.58. The van der Waals surface area contributed by atoms with Crippen molar-refractivity contribution < 1.29 is 13.2 Å². The molecule has 0 aromatic carbocycles. The van der Waals surface area contributed by atoms with Crippen molar-refractivity contribution in [2.45, 2.75) is 30.2 Å². The molecule has 1 atom stereocenters. The van der Waals surface area contributed by atoms with E-state index in [0.717, 1.165) is 6.42 Å². The summed E-state index contributed by atoms with van der Waals surface area (Å²) in [7, 11) is -3.44. The second kappa shape index (κ2) is 5.88. The van der Waals surface area contributed by atoms with E-state index in [-0.39, 0.29) is 11.9 Å². The highest BCUT2D eigenvalue weighted by Crippen LogP contribution is 2.29. The highest BCUT2D eigenvalue weighted by molar-refractivity contribution is 7.89. The largest absolute Gasteiger partial charge is 0.378 e. The van der Waals surface area contributed by atoms with Gasteiger partial charge in [-0.15, -0.1) is 22.9 Å². The first kappa shape index (κ1) is 14.3. The van der Waals surface area contributed by atoms with E-state index in [0.29, 0.717) is 29.5 Å². The lowest BCUT2D eigenvalue weighted by Crippen LogP contribution is -2.48. The van der Waals surface area contributed by atoms with E-state index in [2.05, 4.69) is 0 Å². The highest BCUT2D eigenvalue weighted by Gasteiger charge is 2.34. The van der Waals surface area contributed by atoms with E-state index >= 15 is 0 Å². The van der Waals surface area contributed by atoms with Crippen LogP contribution in [0.5, 0.6) is 0 Å². The van der Waals surface area contributed by atoms with Crippen LogP contribution < -0.4 is 0 Å². The topological polar surface area (TPSA) is 46.6 Å². The molecule has 2 heterocycles. The molecule has 0 amide bonds. The molecule has 1 saturated heterocycles. The second-order valence-electron chi connectivity index (χ2n) is 4.09. The van der Waals surface area contributed by atoms with Crippen molar-refractivity contribution in [3.05, 3.63) is 16.3 Å². The Balaban J connectivity index is 2.35. The minimum atomic E-state index is -3.44. The molecule has 1 aliphatic heterocycles. The molecule has 1 aromatic rings. The lowest BCUT2D eigenvalue weighted by Gasteiger charge is -2.33. The molecule has 7 heteroatoms. The minimum absolute atomic E-state index is 0.0770. The molecule has 1 aliphatic rings. The minimum Gasteiger partial charge on any atom is -0.378 e. The van der Waals surface area contributed by atoms with E-state index in [9.17, 15) is 8.42 Å². The molecule has 18 heavy (non-hydrogen) atoms. The van der Waals surface area contributed by atoms with Crippen LogP contribution in [0.3, 0.4) is 0 Å². The fourth-order valence-corrected chi connectivity index (χ4v) is 5.40. The van der Waals surface area contributed by atoms with Gasteiger partial charge in [0.1, 0.15) is 0 Å². The maximum Gasteiger partial charge on any atom is 0.244 e. The average molecular weight is 310 g/mol. The molecule has 1 aromatic heterocycles. The second-order valence-corrected chi connectivity index (χ2v) is 7.22. The van der Waals surface area contributed by atoms with Crippen molar-refractivity contribution in [3.8, 4) is 0 Å². The molecule has 0 aliphatic carbocycles. The smallest absolute Gasteiger partial charge is 0.244 e. The highest BCUT2D eigenvalue weighted by atomic mass is 35.5. The van der Waals surface area contributed by atoms with Crippen LogP contribution in [0.15, 0.2) is 16.3 Å². The third-order valence-electron chi connectivity index (χ3n) is 3.06. The monoisotopic (exact) mass is 309 g/mol. The summed E-state index contributed by atoms with van der Waals surface area (Å²) in [5, 5.41) is 1.77. The molecule has 2 rings (SSSR count). The summed E-state index contributed by atoms with van der Waals surface area (Å²) in [5.41, 5.74) is 0. The average Bonchev–Trinajstić information content (AvgIpc) is 2.87. The molecule has 0 saturated carbocycles. The molecular formula is C11H16ClNO3S2. The van der Waals surface area contributed by atoms with Crippen LogP contribution in [0.1, 0.15) is 18.2 Å². The van der Waals surface area contributed by atoms with Gasteiger partial charge in [0.25, 0.3) is 0 Å². The summed E-state index contributed by atoms with van der Waals surface area (Å²) in [5.74, 6) is 0.230. The van der Waals surface area contributed by atoms with Crippen LogP contribution in [-0.2, 0) is 20.6 Å². The molecule has 1 fully saturated rings. The third-order valence-corrected chi connectivity index (χ3v) is 6.57. The Morgan fingerprint density at radius 3 is 3.06 bits per heavy atom. The first-order valence-corrected chi connectivity index (χ1v) is 8.68. The Labute approximate surface area is 117 Å². The van der Waals surface area contributed by atoms with Gasteiger partial charge in [-0.25, -0.2) is 8.42 Å². The molecule has 102 valence electrons. The number of morpholine rings is 1. The van der Waals surface area contributed by atoms with Gasteiger partial charge in [0, 0.05) is 17.5 Å². The van der Waals surface area contributed by atoms with Crippen LogP contribution in [0.2, 0.25) is 0 Å². The predicted octanol–water partition coefficient (Wildman–Crippen LogP) is 2.29. The van der Waals surface area contributed by atoms with Gasteiger partial charge >= 0.3 is 0 Å². The van der Waals surface area contributed by atoms with Gasteiger partial charge in [-0.1, -0.05) is 6.92 Å². The van der Waals surface area contributed by atoms with E-state index < -0.39 is 10.0 Å². The summed E-state index contributed by atoms with van der Waals surface area (Å²) < 4.78 is 32.1. The van der Waals surface area contributed by atoms with Crippen molar-refractivity contribution in [3.63, 3.8) is 0 Å². The lowest BCUT2D eigenvalue weighted by atomic mass is 10.2. The number of hydrogen-bond donors (Lipinski definition) is 0. The predicted molar refractivity (Wildman–Crippen MR) is 72.7 cm³/mol. The quantitative estimate of drug-likeness (QED) is 0.802. The number of sulfonamides is 1. The Kier molecular flexibility index (Phi) is 4.66. The maximum absolute atomic E-state index is 12.6. The molecule has 0 radical (unpaired) electrons. The number of alkyl halides is 1. The van der Waals surface area contributed by atoms with E-state index in [1.54, 1.807) is 15.8 Å². The molecule has 0 bridgehead atoms. The standard InChI is InChI=1S/C11H16ClNO3S2/c1-2-9-8-16-5-4-13(9)18(14,15)11-3-6-17-10(11)7-12/h3,6,9H,2,4-5,7-8H2,1H3. The molecule has 0 spiro atoms. The van der Waals surface area contributed by atoms with Gasteiger partial charge in [-0.05, 0) is 17.9 Å². The summed E-state index contributed by atoms with van der Waals surface area (Å²) >= 11 is 7.17. The van der Waals surface area contributed by atoms with E-state index in [1.807, 2.05) is 6.92 Å². The van der Waals surface area contributed by atoms with Crippen LogP contribution in [0, 0.1) is 0 Å². The number of halogens is 1. The van der Waals surface area contributed by atoms with Gasteiger partial charge in [-0.2, -0.15) is 4.31 Å². The van der Waals surface area contributed by atoms with Gasteiger partial charge in [0.05, 0.1) is 24.0 Å². The van der Waals surface area contributed by atoms with Gasteiger partial charge in [0.15, 0.2) is 0 Å². The van der Waals surface area contributed by atoms with Gasteiger partial charge < -0.3 is 4.74 Å². The number of ether oxygens (including phenoxy) is 1. The number of nitrogens with zero attached hydrogens (tertiary/aromatic N) is 1. The number of thiophene rings is 1. The Morgan fingerprint density at radius 1 is 1.61 bits per heavy atom. The zero-order valence-electron chi connectivity index (χ0n) is 10.1. The summed E-state index contributed by atoms with van der Waals surface area (Å²) in [6.07, 6.45) is 0.750. The molecular weight excluding hydrogens is 294 g/mol. The zero-order valence-corrected chi connectivity index (χ0v) is 12.5. The van der Waals surface area contributed by atoms with Crippen molar-refractivity contribution in [2.75, 3.05) is 19.8 Å². The maximum atomic E-state index is 12.6. The van der Waals surface area contributed by atoms with Gasteiger partial charge in [0.2, 0.25) is 10.0 Å². The Bertz CT molecular complexity index is 500. The first-order chi connectivity index (χ1) is 8.61. The van der Waals surface area contributed by atoms with Crippen molar-refractivity contribution in [2.24, 2.45) is 0 Å². The number of rotatable bonds is 4. The van der Waals surface area contributed by atoms with Crippen LogP contribution >= 0.6 is 22.9 Å². The molecule has 4 nitrogen and oxygen atoms in total. The Hall–Kier alpha value is -0.140.